The van der Waals surface area contributed by atoms with E-state index < -0.39 is 13.3 Å². The molecule has 2 rings (SSSR count). The summed E-state index contributed by atoms with van der Waals surface area (Å²) in [5, 5.41) is 10.6. The average Bonchev–Trinajstić information content (AvgIpc) is 2.90. The third-order valence-corrected chi connectivity index (χ3v) is 9.03. The summed E-state index contributed by atoms with van der Waals surface area (Å²) in [7, 11) is -3.02. The normalized spacial score (nSPS) is 14.3. The number of carboxylic acid groups (broad SMARTS) is 1. The van der Waals surface area contributed by atoms with Gasteiger partial charge in [0.05, 0.1) is 5.69 Å². The molecule has 0 spiro atoms. The van der Waals surface area contributed by atoms with Gasteiger partial charge in [-0.2, -0.15) is 0 Å². The van der Waals surface area contributed by atoms with E-state index in [-0.39, 0.29) is 16.3 Å². The van der Waals surface area contributed by atoms with Crippen molar-refractivity contribution < 1.29 is 14.5 Å². The molecule has 1 N–H and O–H groups in total. The van der Waals surface area contributed by atoms with Gasteiger partial charge in [-0.3, -0.25) is 4.57 Å². The minimum atomic E-state index is -3.02. The smallest absolute Gasteiger partial charge is 0.348 e. The molecular formula is C21H30NO3PS. The lowest BCUT2D eigenvalue weighted by Gasteiger charge is -2.35. The summed E-state index contributed by atoms with van der Waals surface area (Å²) in [6.45, 7) is 15.8. The number of rotatable bonds is 5. The molecule has 0 fully saturated rings. The average molecular weight is 408 g/mol. The first kappa shape index (κ1) is 21.7. The Kier molecular flexibility index (Phi) is 5.99. The Balaban J connectivity index is 2.73. The predicted molar refractivity (Wildman–Crippen MR) is 117 cm³/mol. The molecule has 0 radical (unpaired) electrons. The maximum atomic E-state index is 14.1. The Hall–Kier alpha value is -1.58. The molecule has 0 aliphatic heterocycles. The first-order valence-corrected chi connectivity index (χ1v) is 12.0. The number of carbonyl (C=O) groups is 1. The lowest BCUT2D eigenvalue weighted by molar-refractivity contribution is 0.0703. The van der Waals surface area contributed by atoms with Crippen molar-refractivity contribution >= 4 is 35.6 Å². The molecule has 1 aromatic heterocycles. The van der Waals surface area contributed by atoms with E-state index in [1.165, 1.54) is 11.3 Å². The van der Waals surface area contributed by atoms with E-state index >= 15 is 0 Å². The minimum Gasteiger partial charge on any atom is -0.477 e. The number of carboxylic acids is 1. The SMILES string of the molecule is Cc1ccc(P(C)(=O)N(c2cc(C(C)(C)C)sc2C(=O)O)C(C)C)c(C)c1. The molecule has 1 unspecified atom stereocenters. The van der Waals surface area contributed by atoms with Crippen LogP contribution in [0.1, 0.15) is 60.3 Å². The number of nitrogens with zero attached hydrogens (tertiary/aromatic N) is 1. The highest BCUT2D eigenvalue weighted by Gasteiger charge is 2.36. The van der Waals surface area contributed by atoms with E-state index in [2.05, 4.69) is 20.8 Å². The zero-order valence-corrected chi connectivity index (χ0v) is 19.2. The van der Waals surface area contributed by atoms with Crippen molar-refractivity contribution in [3.63, 3.8) is 0 Å². The van der Waals surface area contributed by atoms with Crippen molar-refractivity contribution in [3.8, 4) is 0 Å². The molecule has 27 heavy (non-hydrogen) atoms. The third-order valence-electron chi connectivity index (χ3n) is 4.59. The molecule has 0 amide bonds. The summed E-state index contributed by atoms with van der Waals surface area (Å²) in [4.78, 5) is 13.2. The van der Waals surface area contributed by atoms with Gasteiger partial charge in [0.25, 0.3) is 0 Å². The van der Waals surface area contributed by atoms with Crippen molar-refractivity contribution in [2.45, 2.75) is 59.9 Å². The van der Waals surface area contributed by atoms with Gasteiger partial charge in [-0.25, -0.2) is 4.79 Å². The van der Waals surface area contributed by atoms with Crippen LogP contribution in [0.3, 0.4) is 0 Å². The molecule has 6 heteroatoms. The van der Waals surface area contributed by atoms with Gasteiger partial charge in [0.15, 0.2) is 7.29 Å². The van der Waals surface area contributed by atoms with Gasteiger partial charge in [0.1, 0.15) is 4.88 Å². The second-order valence-electron chi connectivity index (χ2n) is 8.49. The summed E-state index contributed by atoms with van der Waals surface area (Å²) in [5.41, 5.74) is 2.46. The molecule has 4 nitrogen and oxygen atoms in total. The maximum absolute atomic E-state index is 14.1. The van der Waals surface area contributed by atoms with Crippen molar-refractivity contribution in [1.29, 1.82) is 0 Å². The first-order valence-electron chi connectivity index (χ1n) is 9.09. The zero-order valence-electron chi connectivity index (χ0n) is 17.5. The van der Waals surface area contributed by atoms with Crippen LogP contribution in [0.5, 0.6) is 0 Å². The highest BCUT2D eigenvalue weighted by atomic mass is 32.1. The van der Waals surface area contributed by atoms with Crippen molar-refractivity contribution in [2.24, 2.45) is 0 Å². The van der Waals surface area contributed by atoms with E-state index in [0.717, 1.165) is 21.3 Å². The van der Waals surface area contributed by atoms with Crippen LogP contribution in [0.4, 0.5) is 5.69 Å². The topological polar surface area (TPSA) is 57.6 Å². The van der Waals surface area contributed by atoms with Crippen LogP contribution < -0.4 is 9.97 Å². The van der Waals surface area contributed by atoms with Gasteiger partial charge in [-0.05, 0) is 50.8 Å². The fourth-order valence-electron chi connectivity index (χ4n) is 3.39. The lowest BCUT2D eigenvalue weighted by Crippen LogP contribution is -2.33. The van der Waals surface area contributed by atoms with Gasteiger partial charge in [0.2, 0.25) is 0 Å². The van der Waals surface area contributed by atoms with Crippen molar-refractivity contribution in [2.75, 3.05) is 11.3 Å². The molecule has 1 aromatic carbocycles. The summed E-state index contributed by atoms with van der Waals surface area (Å²) in [5.74, 6) is -0.975. The van der Waals surface area contributed by atoms with E-state index in [9.17, 15) is 14.5 Å². The largest absolute Gasteiger partial charge is 0.477 e. The third kappa shape index (κ3) is 4.30. The summed E-state index contributed by atoms with van der Waals surface area (Å²) in [6, 6.07) is 7.70. The minimum absolute atomic E-state index is 0.109. The van der Waals surface area contributed by atoms with E-state index in [1.54, 1.807) is 6.66 Å². The molecule has 1 atom stereocenters. The first-order chi connectivity index (χ1) is 12.3. The fraction of sp³-hybridized carbons (Fsp3) is 0.476. The quantitative estimate of drug-likeness (QED) is 0.636. The molecular weight excluding hydrogens is 377 g/mol. The predicted octanol–water partition coefficient (Wildman–Crippen LogP) is 5.81. The second-order valence-corrected chi connectivity index (χ2v) is 12.2. The Morgan fingerprint density at radius 1 is 1.19 bits per heavy atom. The van der Waals surface area contributed by atoms with Crippen molar-refractivity contribution in [1.82, 2.24) is 0 Å². The number of aryl methyl sites for hydroxylation is 2. The molecule has 0 saturated carbocycles. The number of anilines is 1. The lowest BCUT2D eigenvalue weighted by atomic mass is 9.94. The molecule has 1 heterocycles. The van der Waals surface area contributed by atoms with Crippen LogP contribution in [0, 0.1) is 13.8 Å². The summed E-state index contributed by atoms with van der Waals surface area (Å²) in [6.07, 6.45) is 0. The zero-order chi connectivity index (χ0) is 20.7. The highest BCUT2D eigenvalue weighted by Crippen LogP contribution is 2.53. The second kappa shape index (κ2) is 7.44. The Morgan fingerprint density at radius 3 is 2.22 bits per heavy atom. The standard InChI is InChI=1S/C21H30NO3PS/c1-13(2)22(26(8,25)17-10-9-14(3)11-15(17)4)16-12-18(21(5,6)7)27-19(16)20(23)24/h9-13H,1-8H3,(H,23,24). The van der Waals surface area contributed by atoms with E-state index in [1.807, 2.05) is 56.6 Å². The van der Waals surface area contributed by atoms with Gasteiger partial charge in [-0.15, -0.1) is 11.3 Å². The van der Waals surface area contributed by atoms with Crippen LogP contribution in [-0.2, 0) is 9.98 Å². The fourth-order valence-corrected chi connectivity index (χ4v) is 7.25. The number of hydrogen-bond donors (Lipinski definition) is 1. The van der Waals surface area contributed by atoms with Gasteiger partial charge in [-0.1, -0.05) is 38.5 Å². The summed E-state index contributed by atoms with van der Waals surface area (Å²) < 4.78 is 15.9. The van der Waals surface area contributed by atoms with Crippen LogP contribution in [0.15, 0.2) is 24.3 Å². The highest BCUT2D eigenvalue weighted by molar-refractivity contribution is 7.72. The van der Waals surface area contributed by atoms with Gasteiger partial charge in [0, 0.05) is 22.9 Å². The number of hydrogen-bond acceptors (Lipinski definition) is 3. The van der Waals surface area contributed by atoms with Crippen LogP contribution >= 0.6 is 18.6 Å². The maximum Gasteiger partial charge on any atom is 0.348 e. The Bertz CT molecular complexity index is 909. The van der Waals surface area contributed by atoms with Gasteiger partial charge < -0.3 is 9.78 Å². The molecule has 0 saturated heterocycles. The molecule has 148 valence electrons. The number of benzene rings is 1. The van der Waals surface area contributed by atoms with E-state index in [0.29, 0.717) is 5.69 Å². The van der Waals surface area contributed by atoms with Crippen LogP contribution in [0.2, 0.25) is 0 Å². The molecule has 0 bridgehead atoms. The molecule has 2 aromatic rings. The Morgan fingerprint density at radius 2 is 1.78 bits per heavy atom. The van der Waals surface area contributed by atoms with Crippen molar-refractivity contribution in [3.05, 3.63) is 45.1 Å². The van der Waals surface area contributed by atoms with Gasteiger partial charge >= 0.3 is 5.97 Å². The van der Waals surface area contributed by atoms with Crippen LogP contribution in [0.25, 0.3) is 0 Å². The molecule has 0 aliphatic rings. The molecule has 0 aliphatic carbocycles. The Labute approximate surface area is 166 Å². The van der Waals surface area contributed by atoms with E-state index in [4.69, 9.17) is 0 Å². The summed E-state index contributed by atoms with van der Waals surface area (Å²) >= 11 is 1.28. The number of aromatic carboxylic acids is 1. The monoisotopic (exact) mass is 407 g/mol. The van der Waals surface area contributed by atoms with Crippen LogP contribution in [-0.4, -0.2) is 23.8 Å². The number of thiophene rings is 1.